The minimum Gasteiger partial charge on any atom is -0.327 e. The Morgan fingerprint density at radius 2 is 1.26 bits per heavy atom. The van der Waals surface area contributed by atoms with Crippen LogP contribution in [0.3, 0.4) is 0 Å². The van der Waals surface area contributed by atoms with Crippen LogP contribution in [0.25, 0.3) is 42.6 Å². The predicted molar refractivity (Wildman–Crippen MR) is 247 cm³/mol. The van der Waals surface area contributed by atoms with Gasteiger partial charge in [-0.05, 0) is 80.4 Å². The summed E-state index contributed by atoms with van der Waals surface area (Å²) >= 11 is 1.88. The average Bonchev–Trinajstić information content (AvgIpc) is 3.82. The van der Waals surface area contributed by atoms with Crippen molar-refractivity contribution in [2.24, 2.45) is 7.05 Å². The summed E-state index contributed by atoms with van der Waals surface area (Å²) in [5.74, 6) is 1.87. The van der Waals surface area contributed by atoms with Crippen LogP contribution >= 0.6 is 11.3 Å². The molecule has 0 atom stereocenters. The summed E-state index contributed by atoms with van der Waals surface area (Å²) < 4.78 is 4.85. The fourth-order valence-electron chi connectivity index (χ4n) is 9.77. The molecule has 0 amide bonds. The van der Waals surface area contributed by atoms with Gasteiger partial charge in [-0.3, -0.25) is 4.90 Å². The molecule has 3 aromatic heterocycles. The van der Waals surface area contributed by atoms with E-state index in [1.807, 2.05) is 23.6 Å². The molecule has 0 bridgehead atoms. The van der Waals surface area contributed by atoms with Crippen molar-refractivity contribution in [2.45, 2.75) is 19.3 Å². The molecule has 10 aromatic rings. The molecule has 0 unspecified atom stereocenters. The van der Waals surface area contributed by atoms with Gasteiger partial charge in [0, 0.05) is 44.4 Å². The zero-order valence-corrected chi connectivity index (χ0v) is 34.4. The summed E-state index contributed by atoms with van der Waals surface area (Å²) in [5.41, 5.74) is 7.91. The lowest BCUT2D eigenvalue weighted by Crippen LogP contribution is -2.74. The van der Waals surface area contributed by atoms with Gasteiger partial charge in [-0.25, -0.2) is 9.97 Å². The lowest BCUT2D eigenvalue weighted by molar-refractivity contribution is 0.638. The minimum atomic E-state index is -3.00. The number of pyridine rings is 1. The number of aromatic nitrogens is 3. The van der Waals surface area contributed by atoms with Gasteiger partial charge in [-0.1, -0.05) is 147 Å². The van der Waals surface area contributed by atoms with Gasteiger partial charge >= 0.3 is 0 Å². The number of hydrogen-bond donors (Lipinski definition) is 0. The molecule has 278 valence electrons. The van der Waals surface area contributed by atoms with Crippen molar-refractivity contribution < 1.29 is 0 Å². The Kier molecular flexibility index (Phi) is 7.90. The number of thiophene rings is 1. The Labute approximate surface area is 343 Å². The zero-order chi connectivity index (χ0) is 39.0. The normalized spacial score (nSPS) is 13.5. The highest BCUT2D eigenvalue weighted by atomic mass is 32.1. The second-order valence-corrected chi connectivity index (χ2v) is 20.8. The molecule has 11 rings (SSSR count). The minimum absolute atomic E-state index is 0.304. The van der Waals surface area contributed by atoms with E-state index in [0.29, 0.717) is 0 Å². The predicted octanol–water partition coefficient (Wildman–Crippen LogP) is 10.5. The van der Waals surface area contributed by atoms with Crippen molar-refractivity contribution in [1.29, 1.82) is 0 Å². The lowest BCUT2D eigenvalue weighted by atomic mass is 9.72. The summed E-state index contributed by atoms with van der Waals surface area (Å²) in [6, 6.07) is 67.2. The van der Waals surface area contributed by atoms with Gasteiger partial charge in [0.2, 0.25) is 0 Å². The van der Waals surface area contributed by atoms with Crippen LogP contribution in [0.5, 0.6) is 0 Å². The molecule has 0 radical (unpaired) electrons. The van der Waals surface area contributed by atoms with Crippen molar-refractivity contribution in [2.75, 3.05) is 4.90 Å². The third-order valence-corrected chi connectivity index (χ3v) is 18.3. The first-order chi connectivity index (χ1) is 28.4. The number of aryl methyl sites for hydroxylation is 1. The monoisotopic (exact) mass is 780 g/mol. The largest absolute Gasteiger partial charge is 0.327 e. The molecule has 0 N–H and O–H groups in total. The molecule has 4 heterocycles. The van der Waals surface area contributed by atoms with Crippen LogP contribution < -0.4 is 25.6 Å². The number of para-hydroxylation sites is 2. The number of fused-ring (bicyclic) bond motifs is 7. The molecule has 1 aliphatic rings. The molecule has 7 aromatic carbocycles. The average molecular weight is 781 g/mol. The van der Waals surface area contributed by atoms with E-state index in [4.69, 9.17) is 9.97 Å². The van der Waals surface area contributed by atoms with E-state index in [-0.39, 0.29) is 5.41 Å². The van der Waals surface area contributed by atoms with Crippen molar-refractivity contribution in [1.82, 2.24) is 14.5 Å². The topological polar surface area (TPSA) is 34.0 Å². The van der Waals surface area contributed by atoms with Crippen LogP contribution in [0, 0.1) is 0 Å². The molecular formula is C52H40N4SSi. The smallest absolute Gasteiger partial charge is 0.179 e. The van der Waals surface area contributed by atoms with Crippen LogP contribution in [-0.2, 0) is 12.5 Å². The standard InChI is InChI=1S/C52H40N4SSi/c1-52(2)41-29-28-39(34-45(41)56(48-27-14-15-32-53-48)44-30-31-47-49(50(44)52)40-23-10-13-26-46(40)57-47)58(36-18-6-4-7-19-36,37-20-8-5-9-21-37)38-22-16-17-35(33-38)51-54-42-24-11-12-25-43(42)55(51)3/h4-34H,1-3H3. The lowest BCUT2D eigenvalue weighted by Gasteiger charge is -2.43. The van der Waals surface area contributed by atoms with Gasteiger partial charge < -0.3 is 4.57 Å². The van der Waals surface area contributed by atoms with Gasteiger partial charge in [-0.15, -0.1) is 11.3 Å². The molecule has 0 aliphatic carbocycles. The van der Waals surface area contributed by atoms with Gasteiger partial charge in [-0.2, -0.15) is 0 Å². The van der Waals surface area contributed by atoms with Gasteiger partial charge in [0.1, 0.15) is 11.6 Å². The van der Waals surface area contributed by atoms with Crippen molar-refractivity contribution >= 4 is 88.6 Å². The molecule has 6 heteroatoms. The van der Waals surface area contributed by atoms with E-state index < -0.39 is 8.07 Å². The van der Waals surface area contributed by atoms with Crippen molar-refractivity contribution in [3.8, 4) is 11.4 Å². The van der Waals surface area contributed by atoms with E-state index in [2.05, 4.69) is 206 Å². The third kappa shape index (κ3) is 5.05. The Balaban J connectivity index is 1.21. The molecule has 1 aliphatic heterocycles. The van der Waals surface area contributed by atoms with Gasteiger partial charge in [0.25, 0.3) is 0 Å². The maximum atomic E-state index is 5.16. The van der Waals surface area contributed by atoms with E-state index in [1.54, 1.807) is 0 Å². The number of rotatable bonds is 6. The summed E-state index contributed by atoms with van der Waals surface area (Å²) in [6.07, 6.45) is 1.91. The van der Waals surface area contributed by atoms with E-state index >= 15 is 0 Å². The highest BCUT2D eigenvalue weighted by Crippen LogP contribution is 2.55. The Hall–Kier alpha value is -6.60. The Morgan fingerprint density at radius 3 is 2.02 bits per heavy atom. The van der Waals surface area contributed by atoms with Crippen LogP contribution in [0.2, 0.25) is 0 Å². The van der Waals surface area contributed by atoms with Gasteiger partial charge in [0.05, 0.1) is 22.4 Å². The number of anilines is 3. The number of imidazole rings is 1. The van der Waals surface area contributed by atoms with Crippen molar-refractivity contribution in [3.05, 3.63) is 199 Å². The molecule has 0 fully saturated rings. The van der Waals surface area contributed by atoms with Crippen LogP contribution in [0.15, 0.2) is 188 Å². The summed E-state index contributed by atoms with van der Waals surface area (Å²) in [4.78, 5) is 12.6. The van der Waals surface area contributed by atoms with Crippen LogP contribution in [-0.4, -0.2) is 22.6 Å². The fourth-order valence-corrected chi connectivity index (χ4v) is 15.7. The number of nitrogens with zero attached hydrogens (tertiary/aromatic N) is 4. The van der Waals surface area contributed by atoms with E-state index in [9.17, 15) is 0 Å². The first kappa shape index (κ1) is 34.6. The molecular weight excluding hydrogens is 741 g/mol. The highest BCUT2D eigenvalue weighted by molar-refractivity contribution is 7.25. The Morgan fingerprint density at radius 1 is 0.569 bits per heavy atom. The van der Waals surface area contributed by atoms with Crippen molar-refractivity contribution in [3.63, 3.8) is 0 Å². The van der Waals surface area contributed by atoms with Crippen LogP contribution in [0.4, 0.5) is 17.2 Å². The molecule has 58 heavy (non-hydrogen) atoms. The first-order valence-electron chi connectivity index (χ1n) is 19.9. The van der Waals surface area contributed by atoms with Crippen LogP contribution in [0.1, 0.15) is 25.0 Å². The van der Waals surface area contributed by atoms with Gasteiger partial charge in [0.15, 0.2) is 8.07 Å². The maximum absolute atomic E-state index is 5.16. The first-order valence-corrected chi connectivity index (χ1v) is 22.7. The second kappa shape index (κ2) is 13.2. The SMILES string of the molecule is Cn1c(-c2cccc([Si](c3ccccc3)(c3ccccc3)c3ccc4c(c3)N(c3ccccn3)c3ccc5sc6ccccc6c5c3C4(C)C)c2)nc2ccccc21. The molecule has 0 saturated carbocycles. The summed E-state index contributed by atoms with van der Waals surface area (Å²) in [6.45, 7) is 4.82. The highest BCUT2D eigenvalue weighted by Gasteiger charge is 2.45. The fraction of sp³-hybridized carbons (Fsp3) is 0.0769. The Bertz CT molecular complexity index is 3130. The second-order valence-electron chi connectivity index (χ2n) is 15.9. The summed E-state index contributed by atoms with van der Waals surface area (Å²) in [7, 11) is -0.877. The zero-order valence-electron chi connectivity index (χ0n) is 32.6. The quantitative estimate of drug-likeness (QED) is 0.125. The molecule has 0 spiro atoms. The third-order valence-electron chi connectivity index (χ3n) is 12.4. The van der Waals surface area contributed by atoms with E-state index in [0.717, 1.165) is 28.2 Å². The number of hydrogen-bond acceptors (Lipinski definition) is 4. The molecule has 0 saturated heterocycles. The number of benzene rings is 7. The summed E-state index contributed by atoms with van der Waals surface area (Å²) in [5, 5.41) is 7.93. The molecule has 4 nitrogen and oxygen atoms in total. The van der Waals surface area contributed by atoms with E-state index in [1.165, 1.54) is 63.4 Å². The maximum Gasteiger partial charge on any atom is 0.179 e.